The fraction of sp³-hybridized carbons (Fsp3) is 0.909. The van der Waals surface area contributed by atoms with Gasteiger partial charge in [-0.25, -0.2) is 0 Å². The van der Waals surface area contributed by atoms with E-state index in [0.29, 0.717) is 0 Å². The van der Waals surface area contributed by atoms with Crippen LogP contribution in [0, 0.1) is 0 Å². The lowest BCUT2D eigenvalue weighted by atomic mass is 9.99. The molecule has 0 aromatic heterocycles. The van der Waals surface area contributed by atoms with Crippen molar-refractivity contribution in [1.29, 1.82) is 0 Å². The summed E-state index contributed by atoms with van der Waals surface area (Å²) in [6, 6.07) is 0. The number of rotatable bonds is 7. The second-order valence-electron chi connectivity index (χ2n) is 4.67. The van der Waals surface area contributed by atoms with Crippen LogP contribution in [0.3, 0.4) is 0 Å². The summed E-state index contributed by atoms with van der Waals surface area (Å²) in [5.41, 5.74) is 0. The third-order valence-corrected chi connectivity index (χ3v) is 3.19. The fourth-order valence-electron chi connectivity index (χ4n) is 1.85. The van der Waals surface area contributed by atoms with Crippen LogP contribution in [0.1, 0.15) is 0 Å². The average molecular weight is 312 g/mol. The van der Waals surface area contributed by atoms with E-state index in [-0.39, 0.29) is 6.29 Å². The molecular formula is C11H20O10. The molecule has 0 spiro atoms. The molecule has 7 N–H and O–H groups in total. The molecule has 8 atom stereocenters. The Labute approximate surface area is 119 Å². The molecule has 10 nitrogen and oxygen atoms in total. The molecule has 1 rings (SSSR count). The van der Waals surface area contributed by atoms with E-state index in [9.17, 15) is 30.3 Å². The van der Waals surface area contributed by atoms with Gasteiger partial charge in [0, 0.05) is 0 Å². The predicted molar refractivity (Wildman–Crippen MR) is 63.8 cm³/mol. The van der Waals surface area contributed by atoms with Gasteiger partial charge in [0.25, 0.3) is 0 Å². The molecule has 1 aliphatic heterocycles. The highest BCUT2D eigenvalue weighted by Gasteiger charge is 2.45. The van der Waals surface area contributed by atoms with Crippen LogP contribution in [-0.2, 0) is 14.3 Å². The SMILES string of the molecule is O=C[C@H](O[C@@H]1O[C@H](CO)[C@H](O)[C@H](O)[C@H]1O)[C@H](O)[C@H](O)CO. The molecule has 0 unspecified atom stereocenters. The van der Waals surface area contributed by atoms with E-state index in [1.165, 1.54) is 0 Å². The van der Waals surface area contributed by atoms with Gasteiger partial charge >= 0.3 is 0 Å². The van der Waals surface area contributed by atoms with Crippen molar-refractivity contribution >= 4 is 6.29 Å². The first kappa shape index (κ1) is 18.4. The molecule has 0 aromatic carbocycles. The summed E-state index contributed by atoms with van der Waals surface area (Å²) in [5.74, 6) is 0. The largest absolute Gasteiger partial charge is 0.394 e. The average Bonchev–Trinajstić information content (AvgIpc) is 2.50. The molecule has 1 heterocycles. The summed E-state index contributed by atoms with van der Waals surface area (Å²) in [4.78, 5) is 10.9. The van der Waals surface area contributed by atoms with Gasteiger partial charge in [-0.2, -0.15) is 0 Å². The van der Waals surface area contributed by atoms with Crippen LogP contribution < -0.4 is 0 Å². The van der Waals surface area contributed by atoms with Crippen molar-refractivity contribution in [2.75, 3.05) is 13.2 Å². The highest BCUT2D eigenvalue weighted by Crippen LogP contribution is 2.23. The second-order valence-corrected chi connectivity index (χ2v) is 4.67. The minimum atomic E-state index is -1.79. The van der Waals surface area contributed by atoms with Crippen molar-refractivity contribution in [3.63, 3.8) is 0 Å². The predicted octanol–water partition coefficient (Wildman–Crippen LogP) is -4.92. The molecule has 10 heteroatoms. The lowest BCUT2D eigenvalue weighted by molar-refractivity contribution is -0.314. The van der Waals surface area contributed by atoms with E-state index in [0.717, 1.165) is 0 Å². The molecule has 1 aliphatic rings. The van der Waals surface area contributed by atoms with Gasteiger partial charge in [0.2, 0.25) is 0 Å². The maximum atomic E-state index is 10.9. The molecule has 1 fully saturated rings. The van der Waals surface area contributed by atoms with Crippen LogP contribution in [0.5, 0.6) is 0 Å². The maximum Gasteiger partial charge on any atom is 0.187 e. The van der Waals surface area contributed by atoms with Crippen molar-refractivity contribution < 1.29 is 50.0 Å². The van der Waals surface area contributed by atoms with Crippen molar-refractivity contribution in [2.45, 2.75) is 49.0 Å². The van der Waals surface area contributed by atoms with E-state index in [1.807, 2.05) is 0 Å². The zero-order valence-electron chi connectivity index (χ0n) is 11.0. The zero-order valence-corrected chi connectivity index (χ0v) is 11.0. The first-order chi connectivity index (χ1) is 9.87. The smallest absolute Gasteiger partial charge is 0.187 e. The quantitative estimate of drug-likeness (QED) is 0.225. The Morgan fingerprint density at radius 3 is 2.19 bits per heavy atom. The number of aliphatic hydroxyl groups excluding tert-OH is 7. The number of ether oxygens (including phenoxy) is 2. The van der Waals surface area contributed by atoms with E-state index in [4.69, 9.17) is 19.7 Å². The van der Waals surface area contributed by atoms with Crippen molar-refractivity contribution in [3.05, 3.63) is 0 Å². The minimum absolute atomic E-state index is 0.116. The van der Waals surface area contributed by atoms with Crippen LogP contribution in [0.4, 0.5) is 0 Å². The fourth-order valence-corrected chi connectivity index (χ4v) is 1.85. The Bertz CT molecular complexity index is 324. The topological polar surface area (TPSA) is 177 Å². The maximum absolute atomic E-state index is 10.9. The monoisotopic (exact) mass is 312 g/mol. The highest BCUT2D eigenvalue weighted by atomic mass is 16.7. The Hall–Kier alpha value is -0.690. The third kappa shape index (κ3) is 4.16. The molecule has 0 saturated carbocycles. The molecule has 0 bridgehead atoms. The Balaban J connectivity index is 2.76. The standard InChI is InChI=1S/C11H20O10/c12-1-4(15)7(16)5(2-13)20-11-10(19)9(18)8(17)6(3-14)21-11/h2,4-12,14-19H,1,3H2/t4-,5+,6-,7-,8+,9+,10-,11-/m1/s1. The lowest BCUT2D eigenvalue weighted by Crippen LogP contribution is -2.60. The van der Waals surface area contributed by atoms with Gasteiger partial charge in [-0.05, 0) is 0 Å². The van der Waals surface area contributed by atoms with E-state index in [1.54, 1.807) is 0 Å². The van der Waals surface area contributed by atoms with Crippen molar-refractivity contribution in [1.82, 2.24) is 0 Å². The normalized spacial score (nSPS) is 37.8. The van der Waals surface area contributed by atoms with Gasteiger partial charge < -0.3 is 50.0 Å². The third-order valence-electron chi connectivity index (χ3n) is 3.19. The number of aliphatic hydroxyl groups is 7. The van der Waals surface area contributed by atoms with Gasteiger partial charge in [-0.3, -0.25) is 0 Å². The van der Waals surface area contributed by atoms with Crippen LogP contribution in [-0.4, -0.2) is 104 Å². The van der Waals surface area contributed by atoms with Crippen molar-refractivity contribution in [3.8, 4) is 0 Å². The first-order valence-corrected chi connectivity index (χ1v) is 6.25. The summed E-state index contributed by atoms with van der Waals surface area (Å²) >= 11 is 0. The molecule has 1 saturated heterocycles. The van der Waals surface area contributed by atoms with E-state index >= 15 is 0 Å². The summed E-state index contributed by atoms with van der Waals surface area (Å²) < 4.78 is 9.92. The minimum Gasteiger partial charge on any atom is -0.394 e. The second kappa shape index (κ2) is 8.08. The Morgan fingerprint density at radius 2 is 1.71 bits per heavy atom. The van der Waals surface area contributed by atoms with E-state index < -0.39 is 62.2 Å². The molecule has 0 radical (unpaired) electrons. The van der Waals surface area contributed by atoms with Gasteiger partial charge in [0.05, 0.1) is 13.2 Å². The van der Waals surface area contributed by atoms with Crippen LogP contribution in [0.15, 0.2) is 0 Å². The van der Waals surface area contributed by atoms with Gasteiger partial charge in [-0.1, -0.05) is 0 Å². The molecule has 0 aliphatic carbocycles. The molecular weight excluding hydrogens is 292 g/mol. The molecule has 0 amide bonds. The summed E-state index contributed by atoms with van der Waals surface area (Å²) in [5, 5.41) is 65.3. The van der Waals surface area contributed by atoms with E-state index in [2.05, 4.69) is 0 Å². The number of hydrogen-bond acceptors (Lipinski definition) is 10. The number of aldehydes is 1. The Morgan fingerprint density at radius 1 is 1.10 bits per heavy atom. The van der Waals surface area contributed by atoms with Gasteiger partial charge in [0.15, 0.2) is 12.6 Å². The Kier molecular flexibility index (Phi) is 7.06. The number of carbonyl (C=O) groups is 1. The van der Waals surface area contributed by atoms with Crippen molar-refractivity contribution in [2.24, 2.45) is 0 Å². The van der Waals surface area contributed by atoms with Crippen LogP contribution in [0.2, 0.25) is 0 Å². The molecule has 0 aromatic rings. The van der Waals surface area contributed by atoms with Crippen LogP contribution in [0.25, 0.3) is 0 Å². The molecule has 21 heavy (non-hydrogen) atoms. The zero-order chi connectivity index (χ0) is 16.2. The van der Waals surface area contributed by atoms with Crippen LogP contribution >= 0.6 is 0 Å². The molecule has 124 valence electrons. The highest BCUT2D eigenvalue weighted by molar-refractivity contribution is 5.57. The lowest BCUT2D eigenvalue weighted by Gasteiger charge is -2.40. The van der Waals surface area contributed by atoms with Gasteiger partial charge in [-0.15, -0.1) is 0 Å². The first-order valence-electron chi connectivity index (χ1n) is 6.25. The summed E-state index contributed by atoms with van der Waals surface area (Å²) in [6.45, 7) is -1.51. The number of hydrogen-bond donors (Lipinski definition) is 7. The number of carbonyl (C=O) groups excluding carboxylic acids is 1. The van der Waals surface area contributed by atoms with Gasteiger partial charge in [0.1, 0.15) is 42.7 Å². The summed E-state index contributed by atoms with van der Waals surface area (Å²) in [7, 11) is 0. The summed E-state index contributed by atoms with van der Waals surface area (Å²) in [6.07, 6.45) is -12.9.